The monoisotopic (exact) mass is 419 g/mol. The standard InChI is InChI=1S/C19H22FN5O3S/c1-10-16(11(2)25(5)24-10)21-17(26)13(4)29-19-23-22-18(28-19)12(3)27-15-8-6-14(20)7-9-15/h6-9,12-13H,1-5H3,(H,21,26)/t12-,13-/m1/s1. The Morgan fingerprint density at radius 1 is 1.24 bits per heavy atom. The highest BCUT2D eigenvalue weighted by Crippen LogP contribution is 2.27. The van der Waals surface area contributed by atoms with E-state index in [1.807, 2.05) is 20.9 Å². The van der Waals surface area contributed by atoms with Crippen LogP contribution in [0.4, 0.5) is 10.1 Å². The van der Waals surface area contributed by atoms with Crippen LogP contribution in [0.2, 0.25) is 0 Å². The minimum Gasteiger partial charge on any atom is -0.481 e. The summed E-state index contributed by atoms with van der Waals surface area (Å²) in [6, 6.07) is 5.66. The van der Waals surface area contributed by atoms with Crippen molar-refractivity contribution < 1.29 is 18.3 Å². The van der Waals surface area contributed by atoms with Crippen LogP contribution >= 0.6 is 11.8 Å². The van der Waals surface area contributed by atoms with E-state index < -0.39 is 11.4 Å². The van der Waals surface area contributed by atoms with Crippen LogP contribution in [0.1, 0.15) is 37.2 Å². The molecule has 2 aromatic heterocycles. The molecule has 0 saturated carbocycles. The lowest BCUT2D eigenvalue weighted by Crippen LogP contribution is -2.23. The summed E-state index contributed by atoms with van der Waals surface area (Å²) in [6.45, 7) is 7.23. The second-order valence-electron chi connectivity index (χ2n) is 6.54. The molecule has 8 nitrogen and oxygen atoms in total. The first kappa shape index (κ1) is 20.8. The van der Waals surface area contributed by atoms with E-state index in [0.29, 0.717) is 11.4 Å². The molecule has 0 aliphatic heterocycles. The van der Waals surface area contributed by atoms with Crippen LogP contribution in [0.5, 0.6) is 5.75 Å². The third-order valence-electron chi connectivity index (χ3n) is 4.30. The van der Waals surface area contributed by atoms with Gasteiger partial charge in [0.05, 0.1) is 22.3 Å². The minimum absolute atomic E-state index is 0.190. The Hall–Kier alpha value is -2.88. The van der Waals surface area contributed by atoms with Crippen molar-refractivity contribution in [3.8, 4) is 5.75 Å². The summed E-state index contributed by atoms with van der Waals surface area (Å²) in [6.07, 6.45) is -0.521. The summed E-state index contributed by atoms with van der Waals surface area (Å²) in [7, 11) is 1.82. The summed E-state index contributed by atoms with van der Waals surface area (Å²) in [4.78, 5) is 12.5. The van der Waals surface area contributed by atoms with Crippen molar-refractivity contribution in [3.63, 3.8) is 0 Å². The number of nitrogens with one attached hydrogen (secondary N) is 1. The van der Waals surface area contributed by atoms with Crippen molar-refractivity contribution in [2.75, 3.05) is 5.32 Å². The van der Waals surface area contributed by atoms with Crippen molar-refractivity contribution in [3.05, 3.63) is 47.4 Å². The van der Waals surface area contributed by atoms with E-state index >= 15 is 0 Å². The Balaban J connectivity index is 1.59. The lowest BCUT2D eigenvalue weighted by atomic mass is 10.3. The number of halogens is 1. The SMILES string of the molecule is Cc1nn(C)c(C)c1NC(=O)[C@@H](C)Sc1nnc([C@@H](C)Oc2ccc(F)cc2)o1. The molecule has 0 aliphatic rings. The van der Waals surface area contributed by atoms with Crippen LogP contribution in [0.25, 0.3) is 0 Å². The summed E-state index contributed by atoms with van der Waals surface area (Å²) >= 11 is 1.15. The van der Waals surface area contributed by atoms with E-state index in [-0.39, 0.29) is 22.8 Å². The molecule has 0 fully saturated rings. The third kappa shape index (κ3) is 4.94. The van der Waals surface area contributed by atoms with Crippen LogP contribution < -0.4 is 10.1 Å². The van der Waals surface area contributed by atoms with Crippen LogP contribution in [-0.4, -0.2) is 31.1 Å². The number of hydrogen-bond donors (Lipinski definition) is 1. The first-order valence-corrected chi connectivity index (χ1v) is 9.86. The average Bonchev–Trinajstić information content (AvgIpc) is 3.23. The molecule has 3 aromatic rings. The number of carbonyl (C=O) groups is 1. The predicted molar refractivity (Wildman–Crippen MR) is 106 cm³/mol. The molecule has 1 aromatic carbocycles. The van der Waals surface area contributed by atoms with Crippen LogP contribution in [0.3, 0.4) is 0 Å². The van der Waals surface area contributed by atoms with Gasteiger partial charge < -0.3 is 14.5 Å². The first-order chi connectivity index (χ1) is 13.7. The lowest BCUT2D eigenvalue weighted by molar-refractivity contribution is -0.115. The number of thioether (sulfide) groups is 1. The van der Waals surface area contributed by atoms with Gasteiger partial charge in [-0.05, 0) is 52.0 Å². The second kappa shape index (κ2) is 8.64. The highest BCUT2D eigenvalue weighted by Gasteiger charge is 2.22. The molecule has 0 unspecified atom stereocenters. The molecule has 2 atom stereocenters. The number of benzene rings is 1. The van der Waals surface area contributed by atoms with Gasteiger partial charge in [-0.2, -0.15) is 5.10 Å². The van der Waals surface area contributed by atoms with Gasteiger partial charge in [-0.1, -0.05) is 11.8 Å². The van der Waals surface area contributed by atoms with Crippen molar-refractivity contribution in [2.24, 2.45) is 7.05 Å². The molecule has 1 N–H and O–H groups in total. The highest BCUT2D eigenvalue weighted by atomic mass is 32.2. The van der Waals surface area contributed by atoms with Crippen LogP contribution in [0, 0.1) is 19.7 Å². The molecule has 1 amide bonds. The number of rotatable bonds is 7. The maximum Gasteiger partial charge on any atom is 0.277 e. The fourth-order valence-electron chi connectivity index (χ4n) is 2.58. The molecular weight excluding hydrogens is 397 g/mol. The number of aromatic nitrogens is 4. The van der Waals surface area contributed by atoms with Crippen molar-refractivity contribution in [2.45, 2.75) is 44.3 Å². The number of carbonyl (C=O) groups excluding carboxylic acids is 1. The van der Waals surface area contributed by atoms with Crippen LogP contribution in [0.15, 0.2) is 33.9 Å². The van der Waals surface area contributed by atoms with Crippen molar-refractivity contribution >= 4 is 23.4 Å². The minimum atomic E-state index is -0.521. The van der Waals surface area contributed by atoms with E-state index in [4.69, 9.17) is 9.15 Å². The zero-order valence-corrected chi connectivity index (χ0v) is 17.6. The Morgan fingerprint density at radius 2 is 1.93 bits per heavy atom. The molecular formula is C19H22FN5O3S. The van der Waals surface area contributed by atoms with E-state index in [1.54, 1.807) is 18.5 Å². The first-order valence-electron chi connectivity index (χ1n) is 8.98. The summed E-state index contributed by atoms with van der Waals surface area (Å²) < 4.78 is 26.0. The largest absolute Gasteiger partial charge is 0.481 e. The maximum atomic E-state index is 13.0. The van der Waals surface area contributed by atoms with E-state index in [2.05, 4.69) is 20.6 Å². The topological polar surface area (TPSA) is 95.1 Å². The Morgan fingerprint density at radius 3 is 2.55 bits per heavy atom. The molecule has 0 bridgehead atoms. The van der Waals surface area contributed by atoms with Gasteiger partial charge in [0.15, 0.2) is 6.10 Å². The fraction of sp³-hybridized carbons (Fsp3) is 0.368. The number of aryl methyl sites for hydroxylation is 2. The second-order valence-corrected chi connectivity index (χ2v) is 7.83. The van der Waals surface area contributed by atoms with Gasteiger partial charge in [-0.25, -0.2) is 4.39 Å². The lowest BCUT2D eigenvalue weighted by Gasteiger charge is -2.11. The van der Waals surface area contributed by atoms with Gasteiger partial charge in [0.1, 0.15) is 11.6 Å². The molecule has 3 rings (SSSR count). The molecule has 29 heavy (non-hydrogen) atoms. The summed E-state index contributed by atoms with van der Waals surface area (Å²) in [5, 5.41) is 14.9. The number of anilines is 1. The van der Waals surface area contributed by atoms with Gasteiger partial charge in [-0.3, -0.25) is 9.48 Å². The van der Waals surface area contributed by atoms with Crippen LogP contribution in [-0.2, 0) is 11.8 Å². The summed E-state index contributed by atoms with van der Waals surface area (Å²) in [5.41, 5.74) is 2.33. The fourth-order valence-corrected chi connectivity index (χ4v) is 3.27. The Bertz CT molecular complexity index is 1000. The van der Waals surface area contributed by atoms with Gasteiger partial charge in [0.2, 0.25) is 5.91 Å². The molecule has 0 radical (unpaired) electrons. The Labute approximate surface area is 171 Å². The quantitative estimate of drug-likeness (QED) is 0.582. The highest BCUT2D eigenvalue weighted by molar-refractivity contribution is 8.00. The van der Waals surface area contributed by atoms with Crippen molar-refractivity contribution in [1.82, 2.24) is 20.0 Å². The van der Waals surface area contributed by atoms with Gasteiger partial charge in [-0.15, -0.1) is 10.2 Å². The number of ether oxygens (including phenoxy) is 1. The number of hydrogen-bond acceptors (Lipinski definition) is 7. The number of amides is 1. The zero-order valence-electron chi connectivity index (χ0n) is 16.8. The van der Waals surface area contributed by atoms with E-state index in [0.717, 1.165) is 23.1 Å². The summed E-state index contributed by atoms with van der Waals surface area (Å²) in [5.74, 6) is 0.222. The normalized spacial score (nSPS) is 13.2. The maximum absolute atomic E-state index is 13.0. The number of nitrogens with zero attached hydrogens (tertiary/aromatic N) is 4. The molecule has 10 heteroatoms. The van der Waals surface area contributed by atoms with Gasteiger partial charge in [0.25, 0.3) is 11.1 Å². The smallest absolute Gasteiger partial charge is 0.277 e. The average molecular weight is 419 g/mol. The van der Waals surface area contributed by atoms with Gasteiger partial charge in [0, 0.05) is 7.05 Å². The molecule has 154 valence electrons. The zero-order chi connectivity index (χ0) is 21.1. The molecule has 0 saturated heterocycles. The predicted octanol–water partition coefficient (Wildman–Crippen LogP) is 3.82. The van der Waals surface area contributed by atoms with Crippen molar-refractivity contribution in [1.29, 1.82) is 0 Å². The Kier molecular flexibility index (Phi) is 6.21. The third-order valence-corrected chi connectivity index (χ3v) is 5.23. The molecule has 0 aliphatic carbocycles. The van der Waals surface area contributed by atoms with E-state index in [9.17, 15) is 9.18 Å². The van der Waals surface area contributed by atoms with Gasteiger partial charge >= 0.3 is 0 Å². The van der Waals surface area contributed by atoms with E-state index in [1.165, 1.54) is 24.3 Å². The molecule has 0 spiro atoms. The molecule has 2 heterocycles.